The fraction of sp³-hybridized carbons (Fsp3) is 0.381. The van der Waals surface area contributed by atoms with Crippen LogP contribution in [0, 0.1) is 0 Å². The average molecular weight is 418 g/mol. The van der Waals surface area contributed by atoms with Crippen LogP contribution in [-0.4, -0.2) is 49.6 Å². The van der Waals surface area contributed by atoms with E-state index in [-0.39, 0.29) is 12.6 Å². The molecule has 7 nitrogen and oxygen atoms in total. The summed E-state index contributed by atoms with van der Waals surface area (Å²) in [6.07, 6.45) is 2.37. The Kier molecular flexibility index (Phi) is 8.79. The van der Waals surface area contributed by atoms with E-state index in [1.807, 2.05) is 55.6 Å². The van der Waals surface area contributed by atoms with Gasteiger partial charge < -0.3 is 20.7 Å². The molecule has 3 amide bonds. The third-order valence-corrected chi connectivity index (χ3v) is 5.15. The van der Waals surface area contributed by atoms with Crippen LogP contribution in [-0.2, 0) is 14.3 Å². The van der Waals surface area contributed by atoms with Gasteiger partial charge in [-0.2, -0.15) is 11.8 Å². The molecule has 0 spiro atoms. The van der Waals surface area contributed by atoms with Crippen molar-refractivity contribution in [3.63, 3.8) is 0 Å². The first-order valence-corrected chi connectivity index (χ1v) is 10.7. The van der Waals surface area contributed by atoms with Gasteiger partial charge in [-0.1, -0.05) is 42.5 Å². The number of esters is 1. The van der Waals surface area contributed by atoms with Crippen LogP contribution in [0.15, 0.2) is 42.5 Å². The summed E-state index contributed by atoms with van der Waals surface area (Å²) in [5, 5.41) is 10.3. The summed E-state index contributed by atoms with van der Waals surface area (Å²) in [6.45, 7) is 1.66. The van der Waals surface area contributed by atoms with Crippen LogP contribution in [0.4, 0.5) is 4.79 Å². The first-order valence-electron chi connectivity index (χ1n) is 9.34. The maximum atomic E-state index is 12.5. The van der Waals surface area contributed by atoms with Crippen molar-refractivity contribution in [1.82, 2.24) is 16.0 Å². The van der Waals surface area contributed by atoms with Crippen LogP contribution >= 0.6 is 11.8 Å². The van der Waals surface area contributed by atoms with Gasteiger partial charge in [-0.3, -0.25) is 9.59 Å². The molecule has 0 fully saturated rings. The molecule has 29 heavy (non-hydrogen) atoms. The number of rotatable bonds is 9. The highest BCUT2D eigenvalue weighted by atomic mass is 32.2. The van der Waals surface area contributed by atoms with Crippen molar-refractivity contribution >= 4 is 40.4 Å². The van der Waals surface area contributed by atoms with Crippen molar-refractivity contribution in [2.24, 2.45) is 0 Å². The van der Waals surface area contributed by atoms with Gasteiger partial charge in [-0.15, -0.1) is 0 Å². The van der Waals surface area contributed by atoms with Gasteiger partial charge in [0.1, 0.15) is 12.6 Å². The number of nitrogens with one attached hydrogen (secondary N) is 3. The van der Waals surface area contributed by atoms with Gasteiger partial charge in [0.2, 0.25) is 5.91 Å². The fourth-order valence-corrected chi connectivity index (χ4v) is 3.43. The van der Waals surface area contributed by atoms with Crippen molar-refractivity contribution in [3.8, 4) is 0 Å². The molecular weight excluding hydrogens is 390 g/mol. The molecule has 0 aliphatic heterocycles. The molecular formula is C21H27N3O4S. The first kappa shape index (κ1) is 22.5. The summed E-state index contributed by atoms with van der Waals surface area (Å²) in [4.78, 5) is 36.1. The summed E-state index contributed by atoms with van der Waals surface area (Å²) < 4.78 is 4.52. The molecule has 0 radical (unpaired) electrons. The molecule has 0 unspecified atom stereocenters. The third kappa shape index (κ3) is 6.67. The van der Waals surface area contributed by atoms with E-state index in [1.165, 1.54) is 7.11 Å². The van der Waals surface area contributed by atoms with Gasteiger partial charge in [0, 0.05) is 0 Å². The molecule has 0 heterocycles. The first-order chi connectivity index (χ1) is 14.0. The topological polar surface area (TPSA) is 96.5 Å². The van der Waals surface area contributed by atoms with Crippen molar-refractivity contribution in [2.45, 2.75) is 25.4 Å². The van der Waals surface area contributed by atoms with E-state index < -0.39 is 23.9 Å². The molecule has 2 aromatic carbocycles. The van der Waals surface area contributed by atoms with Gasteiger partial charge in [0.25, 0.3) is 0 Å². The fourth-order valence-electron chi connectivity index (χ4n) is 2.96. The quantitative estimate of drug-likeness (QED) is 0.545. The predicted molar refractivity (Wildman–Crippen MR) is 116 cm³/mol. The lowest BCUT2D eigenvalue weighted by atomic mass is 10.00. The largest absolute Gasteiger partial charge is 0.468 e. The molecule has 8 heteroatoms. The molecule has 0 aliphatic carbocycles. The molecule has 0 aromatic heterocycles. The van der Waals surface area contributed by atoms with Crippen LogP contribution in [0.25, 0.3) is 10.8 Å². The number of thioether (sulfide) groups is 1. The minimum atomic E-state index is -0.744. The number of hydrogen-bond acceptors (Lipinski definition) is 5. The van der Waals surface area contributed by atoms with Gasteiger partial charge in [-0.25, -0.2) is 4.79 Å². The lowest BCUT2D eigenvalue weighted by Crippen LogP contribution is -2.51. The molecule has 3 N–H and O–H groups in total. The summed E-state index contributed by atoms with van der Waals surface area (Å²) in [5.74, 6) is -0.274. The predicted octanol–water partition coefficient (Wildman–Crippen LogP) is 2.61. The van der Waals surface area contributed by atoms with Crippen LogP contribution in [0.2, 0.25) is 0 Å². The van der Waals surface area contributed by atoms with Gasteiger partial charge in [0.15, 0.2) is 0 Å². The summed E-state index contributed by atoms with van der Waals surface area (Å²) >= 11 is 1.57. The molecule has 0 bridgehead atoms. The Bertz CT molecular complexity index is 853. The number of carbonyl (C=O) groups is 3. The summed E-state index contributed by atoms with van der Waals surface area (Å²) in [5.41, 5.74) is 0.994. The van der Waals surface area contributed by atoms with E-state index in [1.54, 1.807) is 11.8 Å². The van der Waals surface area contributed by atoms with Crippen LogP contribution in [0.5, 0.6) is 0 Å². The SMILES string of the molecule is COC(=O)CNC(=O)[C@@H](CCSC)NC(=O)N[C@@H](C)c1cccc2ccccc12. The Labute approximate surface area is 174 Å². The lowest BCUT2D eigenvalue weighted by Gasteiger charge is -2.21. The minimum Gasteiger partial charge on any atom is -0.468 e. The van der Waals surface area contributed by atoms with Crippen LogP contribution < -0.4 is 16.0 Å². The van der Waals surface area contributed by atoms with E-state index in [9.17, 15) is 14.4 Å². The smallest absolute Gasteiger partial charge is 0.325 e. The second-order valence-corrected chi connectivity index (χ2v) is 7.52. The third-order valence-electron chi connectivity index (χ3n) is 4.50. The minimum absolute atomic E-state index is 0.235. The highest BCUT2D eigenvalue weighted by Gasteiger charge is 2.22. The van der Waals surface area contributed by atoms with E-state index in [0.29, 0.717) is 12.2 Å². The Morgan fingerprint density at radius 2 is 1.79 bits per heavy atom. The standard InChI is InChI=1S/C21H27N3O4S/c1-14(16-10-6-8-15-7-4-5-9-17(15)16)23-21(27)24-18(11-12-29-3)20(26)22-13-19(25)28-2/h4-10,14,18H,11-13H2,1-3H3,(H,22,26)(H2,23,24,27)/t14-,18+/m0/s1. The molecule has 156 valence electrons. The molecule has 0 aliphatic rings. The highest BCUT2D eigenvalue weighted by molar-refractivity contribution is 7.98. The molecule has 0 saturated carbocycles. The van der Waals surface area contributed by atoms with Gasteiger partial charge in [0.05, 0.1) is 13.2 Å². The Balaban J connectivity index is 2.02. The van der Waals surface area contributed by atoms with Crippen LogP contribution in [0.3, 0.4) is 0 Å². The summed E-state index contributed by atoms with van der Waals surface area (Å²) in [7, 11) is 1.25. The Hall–Kier alpha value is -2.74. The molecule has 2 rings (SSSR count). The normalized spacial score (nSPS) is 12.7. The molecule has 2 atom stereocenters. The number of hydrogen-bond donors (Lipinski definition) is 3. The number of methoxy groups -OCH3 is 1. The van der Waals surface area contributed by atoms with E-state index in [4.69, 9.17) is 0 Å². The Morgan fingerprint density at radius 1 is 1.07 bits per heavy atom. The summed E-state index contributed by atoms with van der Waals surface area (Å²) in [6, 6.07) is 12.5. The number of ether oxygens (including phenoxy) is 1. The number of carbonyl (C=O) groups excluding carboxylic acids is 3. The zero-order valence-electron chi connectivity index (χ0n) is 16.9. The second kappa shape index (κ2) is 11.3. The maximum absolute atomic E-state index is 12.5. The number of fused-ring (bicyclic) bond motifs is 1. The average Bonchev–Trinajstić information content (AvgIpc) is 2.73. The monoisotopic (exact) mass is 417 g/mol. The van der Waals surface area contributed by atoms with Crippen molar-refractivity contribution in [3.05, 3.63) is 48.0 Å². The van der Waals surface area contributed by atoms with Gasteiger partial charge in [-0.05, 0) is 41.7 Å². The van der Waals surface area contributed by atoms with E-state index in [2.05, 4.69) is 20.7 Å². The second-order valence-electron chi connectivity index (χ2n) is 6.54. The number of amides is 3. The zero-order valence-corrected chi connectivity index (χ0v) is 17.7. The van der Waals surface area contributed by atoms with Crippen molar-refractivity contribution in [2.75, 3.05) is 25.7 Å². The van der Waals surface area contributed by atoms with Crippen molar-refractivity contribution in [1.29, 1.82) is 0 Å². The molecule has 0 saturated heterocycles. The zero-order chi connectivity index (χ0) is 21.2. The Morgan fingerprint density at radius 3 is 2.52 bits per heavy atom. The van der Waals surface area contributed by atoms with Gasteiger partial charge >= 0.3 is 12.0 Å². The van der Waals surface area contributed by atoms with E-state index in [0.717, 1.165) is 16.3 Å². The lowest BCUT2D eigenvalue weighted by molar-refractivity contribution is -0.141. The highest BCUT2D eigenvalue weighted by Crippen LogP contribution is 2.23. The molecule has 2 aromatic rings. The van der Waals surface area contributed by atoms with Crippen molar-refractivity contribution < 1.29 is 19.1 Å². The van der Waals surface area contributed by atoms with Crippen LogP contribution in [0.1, 0.15) is 24.9 Å². The number of benzene rings is 2. The maximum Gasteiger partial charge on any atom is 0.325 e. The van der Waals surface area contributed by atoms with E-state index >= 15 is 0 Å². The number of urea groups is 1.